The van der Waals surface area contributed by atoms with Crippen LogP contribution < -0.4 is 5.56 Å². The molecule has 6 nitrogen and oxygen atoms in total. The topological polar surface area (TPSA) is 76.5 Å². The van der Waals surface area contributed by atoms with Gasteiger partial charge in [-0.05, 0) is 37.8 Å². The van der Waals surface area contributed by atoms with E-state index in [0.717, 1.165) is 19.3 Å². The van der Waals surface area contributed by atoms with Gasteiger partial charge in [0, 0.05) is 32.1 Å². The molecule has 0 aromatic carbocycles. The maximum Gasteiger partial charge on any atom is 0.263 e. The van der Waals surface area contributed by atoms with Gasteiger partial charge in [0.25, 0.3) is 11.5 Å². The highest BCUT2D eigenvalue weighted by Crippen LogP contribution is 2.21. The summed E-state index contributed by atoms with van der Waals surface area (Å²) in [6.45, 7) is 0.575. The van der Waals surface area contributed by atoms with Crippen molar-refractivity contribution in [1.29, 1.82) is 0 Å². The number of hydrogen-bond donors (Lipinski definition) is 0. The van der Waals surface area contributed by atoms with Gasteiger partial charge in [0.15, 0.2) is 0 Å². The second-order valence-electron chi connectivity index (χ2n) is 5.90. The first kappa shape index (κ1) is 16.7. The quantitative estimate of drug-likeness (QED) is 0.820. The Bertz CT molecular complexity index is 708. The van der Waals surface area contributed by atoms with Crippen LogP contribution in [0.4, 0.5) is 0 Å². The number of sulfone groups is 1. The van der Waals surface area contributed by atoms with E-state index >= 15 is 0 Å². The fourth-order valence-corrected chi connectivity index (χ4v) is 3.53. The van der Waals surface area contributed by atoms with Crippen LogP contribution in [-0.4, -0.2) is 48.4 Å². The molecule has 2 rings (SSSR count). The van der Waals surface area contributed by atoms with E-state index in [1.54, 1.807) is 24.2 Å². The van der Waals surface area contributed by atoms with Crippen LogP contribution in [0.1, 0.15) is 36.0 Å². The Morgan fingerprint density at radius 1 is 1.36 bits per heavy atom. The summed E-state index contributed by atoms with van der Waals surface area (Å²) in [6, 6.07) is 3.10. The Balaban J connectivity index is 2.21. The monoisotopic (exact) mass is 326 g/mol. The van der Waals surface area contributed by atoms with Crippen molar-refractivity contribution in [1.82, 2.24) is 9.47 Å². The Hall–Kier alpha value is -1.63. The van der Waals surface area contributed by atoms with E-state index in [2.05, 4.69) is 0 Å². The average Bonchev–Trinajstić information content (AvgIpc) is 2.47. The first-order valence-corrected chi connectivity index (χ1v) is 9.50. The molecule has 1 aromatic heterocycles. The van der Waals surface area contributed by atoms with Crippen molar-refractivity contribution < 1.29 is 13.2 Å². The number of hydrogen-bond acceptors (Lipinski definition) is 4. The second kappa shape index (κ2) is 6.64. The molecule has 1 fully saturated rings. The number of rotatable bonds is 4. The van der Waals surface area contributed by atoms with E-state index in [0.29, 0.717) is 13.0 Å². The number of carbonyl (C=O) groups excluding carboxylic acids is 1. The van der Waals surface area contributed by atoms with Crippen molar-refractivity contribution in [3.63, 3.8) is 0 Å². The first-order valence-electron chi connectivity index (χ1n) is 7.44. The zero-order chi connectivity index (χ0) is 16.3. The highest BCUT2D eigenvalue weighted by Gasteiger charge is 2.29. The third-order valence-corrected chi connectivity index (χ3v) is 5.04. The third kappa shape index (κ3) is 3.97. The fraction of sp³-hybridized carbons (Fsp3) is 0.600. The molecule has 2 heterocycles. The van der Waals surface area contributed by atoms with Gasteiger partial charge in [-0.2, -0.15) is 0 Å². The SMILES string of the molecule is Cn1cccc(C(=O)N2CCCCC2CCS(C)(=O)=O)c1=O. The van der Waals surface area contributed by atoms with Crippen LogP contribution in [0, 0.1) is 0 Å². The fourth-order valence-electron chi connectivity index (χ4n) is 2.83. The molecule has 0 spiro atoms. The molecule has 1 aliphatic rings. The van der Waals surface area contributed by atoms with Gasteiger partial charge in [-0.15, -0.1) is 0 Å². The highest BCUT2D eigenvalue weighted by molar-refractivity contribution is 7.90. The minimum atomic E-state index is -3.06. The van der Waals surface area contributed by atoms with Gasteiger partial charge in [0.05, 0.1) is 5.75 Å². The maximum absolute atomic E-state index is 12.7. The minimum absolute atomic E-state index is 0.0637. The van der Waals surface area contributed by atoms with Crippen molar-refractivity contribution in [3.8, 4) is 0 Å². The molecule has 122 valence electrons. The molecule has 0 radical (unpaired) electrons. The molecule has 1 amide bonds. The summed E-state index contributed by atoms with van der Waals surface area (Å²) in [7, 11) is -1.45. The Morgan fingerprint density at radius 2 is 2.09 bits per heavy atom. The lowest BCUT2D eigenvalue weighted by molar-refractivity contribution is 0.0606. The highest BCUT2D eigenvalue weighted by atomic mass is 32.2. The van der Waals surface area contributed by atoms with E-state index in [1.807, 2.05) is 0 Å². The van der Waals surface area contributed by atoms with Gasteiger partial charge >= 0.3 is 0 Å². The van der Waals surface area contributed by atoms with Crippen LogP contribution in [0.15, 0.2) is 23.1 Å². The van der Waals surface area contributed by atoms with Gasteiger partial charge in [0.2, 0.25) is 0 Å². The lowest BCUT2D eigenvalue weighted by Gasteiger charge is -2.35. The summed E-state index contributed by atoms with van der Waals surface area (Å²) in [6.07, 6.45) is 5.89. The van der Waals surface area contributed by atoms with Crippen LogP contribution in [0.5, 0.6) is 0 Å². The smallest absolute Gasteiger partial charge is 0.263 e. The van der Waals surface area contributed by atoms with E-state index in [4.69, 9.17) is 0 Å². The number of amides is 1. The van der Waals surface area contributed by atoms with Gasteiger partial charge in [0.1, 0.15) is 15.4 Å². The van der Waals surface area contributed by atoms with Crippen molar-refractivity contribution >= 4 is 15.7 Å². The van der Waals surface area contributed by atoms with Crippen LogP contribution in [-0.2, 0) is 16.9 Å². The van der Waals surface area contributed by atoms with Gasteiger partial charge in [-0.3, -0.25) is 9.59 Å². The predicted octanol–water partition coefficient (Wildman–Crippen LogP) is 0.815. The van der Waals surface area contributed by atoms with E-state index in [-0.39, 0.29) is 28.8 Å². The standard InChI is InChI=1S/C15H22N2O4S/c1-16-9-5-7-13(14(16)18)15(19)17-10-4-3-6-12(17)8-11-22(2,20)21/h5,7,9,12H,3-4,6,8,10-11H2,1-2H3. The van der Waals surface area contributed by atoms with Crippen molar-refractivity contribution in [2.45, 2.75) is 31.7 Å². The average molecular weight is 326 g/mol. The first-order chi connectivity index (χ1) is 10.3. The van der Waals surface area contributed by atoms with E-state index in [9.17, 15) is 18.0 Å². The Labute approximate surface area is 130 Å². The molecule has 0 saturated carbocycles. The maximum atomic E-state index is 12.7. The number of pyridine rings is 1. The van der Waals surface area contributed by atoms with Crippen molar-refractivity contribution in [3.05, 3.63) is 34.2 Å². The number of aryl methyl sites for hydroxylation is 1. The largest absolute Gasteiger partial charge is 0.335 e. The molecule has 0 bridgehead atoms. The molecule has 22 heavy (non-hydrogen) atoms. The van der Waals surface area contributed by atoms with Crippen molar-refractivity contribution in [2.24, 2.45) is 7.05 Å². The number of nitrogens with zero attached hydrogens (tertiary/aromatic N) is 2. The van der Waals surface area contributed by atoms with Crippen LogP contribution in [0.25, 0.3) is 0 Å². The zero-order valence-electron chi connectivity index (χ0n) is 13.0. The summed E-state index contributed by atoms with van der Waals surface area (Å²) >= 11 is 0. The van der Waals surface area contributed by atoms with E-state index in [1.165, 1.54) is 16.9 Å². The third-order valence-electron chi connectivity index (χ3n) is 4.06. The van der Waals surface area contributed by atoms with Gasteiger partial charge in [-0.25, -0.2) is 8.42 Å². The molecule has 1 unspecified atom stereocenters. The van der Waals surface area contributed by atoms with E-state index < -0.39 is 9.84 Å². The van der Waals surface area contributed by atoms with Crippen LogP contribution in [0.3, 0.4) is 0 Å². The summed E-state index contributed by atoms with van der Waals surface area (Å²) in [5, 5.41) is 0. The summed E-state index contributed by atoms with van der Waals surface area (Å²) in [5.74, 6) is -0.228. The molecule has 0 aliphatic carbocycles. The molecular weight excluding hydrogens is 304 g/mol. The summed E-state index contributed by atoms with van der Waals surface area (Å²) in [5.41, 5.74) is -0.170. The lowest BCUT2D eigenvalue weighted by Crippen LogP contribution is -2.46. The Morgan fingerprint density at radius 3 is 2.77 bits per heavy atom. The summed E-state index contributed by atoms with van der Waals surface area (Å²) < 4.78 is 24.1. The normalized spacial score (nSPS) is 19.2. The van der Waals surface area contributed by atoms with Crippen LogP contribution in [0.2, 0.25) is 0 Å². The minimum Gasteiger partial charge on any atom is -0.335 e. The molecule has 7 heteroatoms. The predicted molar refractivity (Wildman–Crippen MR) is 84.7 cm³/mol. The van der Waals surface area contributed by atoms with Gasteiger partial charge in [-0.1, -0.05) is 0 Å². The van der Waals surface area contributed by atoms with Crippen molar-refractivity contribution in [2.75, 3.05) is 18.6 Å². The van der Waals surface area contributed by atoms with Crippen LogP contribution >= 0.6 is 0 Å². The van der Waals surface area contributed by atoms with Gasteiger partial charge < -0.3 is 9.47 Å². The number of likely N-dealkylation sites (tertiary alicyclic amines) is 1. The Kier molecular flexibility index (Phi) is 5.05. The molecule has 1 aromatic rings. The molecular formula is C15H22N2O4S. The molecule has 1 aliphatic heterocycles. The number of carbonyl (C=O) groups is 1. The summed E-state index contributed by atoms with van der Waals surface area (Å²) in [4.78, 5) is 26.4. The molecule has 1 atom stereocenters. The lowest BCUT2D eigenvalue weighted by atomic mass is 9.99. The second-order valence-corrected chi connectivity index (χ2v) is 8.16. The zero-order valence-corrected chi connectivity index (χ0v) is 13.8. The number of piperidine rings is 1. The molecule has 1 saturated heterocycles. The molecule has 0 N–H and O–H groups in total. The number of aromatic nitrogens is 1.